The zero-order valence-electron chi connectivity index (χ0n) is 6.87. The summed E-state index contributed by atoms with van der Waals surface area (Å²) < 4.78 is 0. The number of hydrogen-bond donors (Lipinski definition) is 0. The Kier molecular flexibility index (Phi) is 1.46. The van der Waals surface area contributed by atoms with Crippen LogP contribution < -0.4 is 5.46 Å². The molecule has 0 bridgehead atoms. The second-order valence-corrected chi connectivity index (χ2v) is 3.08. The molecule has 0 saturated carbocycles. The van der Waals surface area contributed by atoms with Crippen LogP contribution in [0.2, 0.25) is 0 Å². The van der Waals surface area contributed by atoms with Crippen molar-refractivity contribution in [1.82, 2.24) is 4.90 Å². The second kappa shape index (κ2) is 2.37. The highest BCUT2D eigenvalue weighted by Gasteiger charge is 2.23. The molecule has 1 aromatic rings. The van der Waals surface area contributed by atoms with Crippen LogP contribution in [0.3, 0.4) is 0 Å². The lowest BCUT2D eigenvalue weighted by Crippen LogP contribution is -2.17. The molecule has 1 amide bonds. The molecule has 1 aliphatic rings. The van der Waals surface area contributed by atoms with Crippen molar-refractivity contribution in [2.24, 2.45) is 0 Å². The second-order valence-electron chi connectivity index (χ2n) is 3.08. The van der Waals surface area contributed by atoms with Crippen LogP contribution in [0.4, 0.5) is 0 Å². The van der Waals surface area contributed by atoms with Gasteiger partial charge in [0, 0.05) is 19.2 Å². The lowest BCUT2D eigenvalue weighted by molar-refractivity contribution is 0.0816. The molecule has 0 unspecified atom stereocenters. The molecule has 0 spiro atoms. The predicted molar refractivity (Wildman–Crippen MR) is 47.6 cm³/mol. The maximum atomic E-state index is 11.4. The summed E-state index contributed by atoms with van der Waals surface area (Å²) in [6.07, 6.45) is 0. The van der Waals surface area contributed by atoms with Gasteiger partial charge in [-0.25, -0.2) is 0 Å². The summed E-state index contributed by atoms with van der Waals surface area (Å²) >= 11 is 0. The zero-order chi connectivity index (χ0) is 8.72. The van der Waals surface area contributed by atoms with Crippen molar-refractivity contribution in [2.75, 3.05) is 7.05 Å². The summed E-state index contributed by atoms with van der Waals surface area (Å²) in [6.45, 7) is 0.680. The molecule has 2 rings (SSSR count). The molecule has 2 nitrogen and oxygen atoms in total. The van der Waals surface area contributed by atoms with Crippen molar-refractivity contribution in [3.63, 3.8) is 0 Å². The van der Waals surface area contributed by atoms with E-state index in [9.17, 15) is 4.79 Å². The molecule has 12 heavy (non-hydrogen) atoms. The molecule has 0 fully saturated rings. The molecule has 0 aromatic heterocycles. The van der Waals surface area contributed by atoms with E-state index in [2.05, 4.69) is 0 Å². The summed E-state index contributed by atoms with van der Waals surface area (Å²) in [5, 5.41) is 0. The number of rotatable bonds is 0. The lowest BCUT2D eigenvalue weighted by Gasteiger charge is -2.04. The number of benzene rings is 1. The first-order valence-corrected chi connectivity index (χ1v) is 3.82. The highest BCUT2D eigenvalue weighted by atomic mass is 16.2. The van der Waals surface area contributed by atoms with Gasteiger partial charge in [-0.1, -0.05) is 17.6 Å². The van der Waals surface area contributed by atoms with Gasteiger partial charge in [-0.2, -0.15) is 0 Å². The normalized spacial score (nSPS) is 15.1. The third-order valence-corrected chi connectivity index (χ3v) is 2.11. The maximum Gasteiger partial charge on any atom is 0.254 e. The molecule has 1 aliphatic heterocycles. The number of carbonyl (C=O) groups excluding carboxylic acids is 1. The first-order chi connectivity index (χ1) is 5.68. The minimum absolute atomic E-state index is 0.0880. The third-order valence-electron chi connectivity index (χ3n) is 2.11. The van der Waals surface area contributed by atoms with Crippen molar-refractivity contribution >= 4 is 19.2 Å². The summed E-state index contributed by atoms with van der Waals surface area (Å²) in [6, 6.07) is 5.41. The predicted octanol–water partition coefficient (Wildman–Crippen LogP) is 0.0660. The van der Waals surface area contributed by atoms with Crippen LogP contribution in [0.5, 0.6) is 0 Å². The number of fused-ring (bicyclic) bond motifs is 1. The fourth-order valence-corrected chi connectivity index (χ4v) is 1.49. The van der Waals surface area contributed by atoms with E-state index in [-0.39, 0.29) is 5.91 Å². The SMILES string of the molecule is [B]c1ccc2c(c1)CN(C)C2=O. The van der Waals surface area contributed by atoms with Crippen molar-refractivity contribution in [3.8, 4) is 0 Å². The highest BCUT2D eigenvalue weighted by molar-refractivity contribution is 6.32. The zero-order valence-corrected chi connectivity index (χ0v) is 6.87. The third kappa shape index (κ3) is 0.933. The van der Waals surface area contributed by atoms with Crippen molar-refractivity contribution < 1.29 is 4.79 Å². The Bertz CT molecular complexity index is 348. The standard InChI is InChI=1S/C9H8BNO/c1-11-5-6-4-7(10)2-3-8(6)9(11)12/h2-4H,5H2,1H3. The summed E-state index contributed by atoms with van der Waals surface area (Å²) in [7, 11) is 7.38. The van der Waals surface area contributed by atoms with E-state index in [1.165, 1.54) is 0 Å². The molecule has 2 radical (unpaired) electrons. The van der Waals surface area contributed by atoms with Crippen LogP contribution in [0.1, 0.15) is 15.9 Å². The van der Waals surface area contributed by atoms with Crippen LogP contribution in [-0.2, 0) is 6.54 Å². The van der Waals surface area contributed by atoms with E-state index in [0.717, 1.165) is 16.6 Å². The Morgan fingerprint density at radius 3 is 3.00 bits per heavy atom. The van der Waals surface area contributed by atoms with Gasteiger partial charge in [0.2, 0.25) is 0 Å². The maximum absolute atomic E-state index is 11.4. The smallest absolute Gasteiger partial charge is 0.254 e. The summed E-state index contributed by atoms with van der Waals surface area (Å²) in [4.78, 5) is 13.1. The molecule has 0 aliphatic carbocycles. The minimum atomic E-state index is 0.0880. The number of amides is 1. The Morgan fingerprint density at radius 2 is 2.25 bits per heavy atom. The summed E-state index contributed by atoms with van der Waals surface area (Å²) in [5.41, 5.74) is 2.53. The van der Waals surface area contributed by atoms with Gasteiger partial charge < -0.3 is 4.90 Å². The van der Waals surface area contributed by atoms with Gasteiger partial charge >= 0.3 is 0 Å². The van der Waals surface area contributed by atoms with E-state index in [4.69, 9.17) is 7.85 Å². The van der Waals surface area contributed by atoms with Crippen LogP contribution in [-0.4, -0.2) is 25.7 Å². The largest absolute Gasteiger partial charge is 0.337 e. The Morgan fingerprint density at radius 1 is 1.50 bits per heavy atom. The Balaban J connectivity index is 2.54. The van der Waals surface area contributed by atoms with Crippen LogP contribution in [0.15, 0.2) is 18.2 Å². The molecular weight excluding hydrogens is 149 g/mol. The van der Waals surface area contributed by atoms with Crippen LogP contribution in [0.25, 0.3) is 0 Å². The number of nitrogens with zero attached hydrogens (tertiary/aromatic N) is 1. The van der Waals surface area contributed by atoms with Gasteiger partial charge in [0.1, 0.15) is 7.85 Å². The fraction of sp³-hybridized carbons (Fsp3) is 0.222. The molecule has 3 heteroatoms. The average Bonchev–Trinajstić information content (AvgIpc) is 2.28. The first-order valence-electron chi connectivity index (χ1n) is 3.82. The minimum Gasteiger partial charge on any atom is -0.337 e. The van der Waals surface area contributed by atoms with Crippen molar-refractivity contribution in [3.05, 3.63) is 29.3 Å². The first kappa shape index (κ1) is 7.41. The van der Waals surface area contributed by atoms with Crippen LogP contribution in [0, 0.1) is 0 Å². The monoisotopic (exact) mass is 157 g/mol. The van der Waals surface area contributed by atoms with Gasteiger partial charge in [0.15, 0.2) is 0 Å². The molecule has 1 heterocycles. The van der Waals surface area contributed by atoms with E-state index < -0.39 is 0 Å². The van der Waals surface area contributed by atoms with Gasteiger partial charge in [-0.3, -0.25) is 4.79 Å². The average molecular weight is 157 g/mol. The quantitative estimate of drug-likeness (QED) is 0.488. The molecular formula is C9H8BNO. The van der Waals surface area contributed by atoms with Gasteiger partial charge in [-0.15, -0.1) is 0 Å². The van der Waals surface area contributed by atoms with E-state index in [1.807, 2.05) is 6.07 Å². The molecule has 0 saturated heterocycles. The van der Waals surface area contributed by atoms with E-state index >= 15 is 0 Å². The van der Waals surface area contributed by atoms with Gasteiger partial charge in [0.25, 0.3) is 5.91 Å². The van der Waals surface area contributed by atoms with Crippen LogP contribution >= 0.6 is 0 Å². The molecule has 0 atom stereocenters. The Hall–Kier alpha value is -1.25. The van der Waals surface area contributed by atoms with Crippen molar-refractivity contribution in [2.45, 2.75) is 6.54 Å². The number of carbonyl (C=O) groups is 1. The van der Waals surface area contributed by atoms with E-state index in [0.29, 0.717) is 6.54 Å². The number of hydrogen-bond acceptors (Lipinski definition) is 1. The van der Waals surface area contributed by atoms with Gasteiger partial charge in [0.05, 0.1) is 0 Å². The van der Waals surface area contributed by atoms with Gasteiger partial charge in [-0.05, 0) is 11.6 Å². The molecule has 0 N–H and O–H groups in total. The highest BCUT2D eigenvalue weighted by Crippen LogP contribution is 2.19. The molecule has 58 valence electrons. The fourth-order valence-electron chi connectivity index (χ4n) is 1.49. The van der Waals surface area contributed by atoms with E-state index in [1.54, 1.807) is 24.1 Å². The van der Waals surface area contributed by atoms with Crippen molar-refractivity contribution in [1.29, 1.82) is 0 Å². The summed E-state index contributed by atoms with van der Waals surface area (Å²) in [5.74, 6) is 0.0880. The topological polar surface area (TPSA) is 20.3 Å². The molecule has 1 aromatic carbocycles. The lowest BCUT2D eigenvalue weighted by atomic mass is 9.93. The Labute approximate surface area is 72.6 Å².